The highest BCUT2D eigenvalue weighted by Crippen LogP contribution is 2.07. The predicted octanol–water partition coefficient (Wildman–Crippen LogP) is 0.638. The maximum atomic E-state index is 11.3. The molecule has 0 aliphatic rings. The Labute approximate surface area is 89.8 Å². The number of aliphatic carboxylic acids is 1. The molecule has 15 heavy (non-hydrogen) atoms. The molecule has 5 nitrogen and oxygen atoms in total. The maximum Gasteiger partial charge on any atom is 0.326 e. The molecule has 2 atom stereocenters. The van der Waals surface area contributed by atoms with Gasteiger partial charge in [0.05, 0.1) is 6.61 Å². The molecule has 0 saturated heterocycles. The highest BCUT2D eigenvalue weighted by Gasteiger charge is 2.24. The largest absolute Gasteiger partial charge is 0.480 e. The van der Waals surface area contributed by atoms with Gasteiger partial charge in [0.25, 0.3) is 0 Å². The molecule has 0 bridgehead atoms. The van der Waals surface area contributed by atoms with E-state index in [9.17, 15) is 9.59 Å². The number of amides is 1. The van der Waals surface area contributed by atoms with E-state index in [0.717, 1.165) is 0 Å². The second-order valence-electron chi connectivity index (χ2n) is 3.51. The lowest BCUT2D eigenvalue weighted by Crippen LogP contribution is -2.45. The molecule has 0 aliphatic heterocycles. The Hall–Kier alpha value is -1.10. The third kappa shape index (κ3) is 5.37. The minimum Gasteiger partial charge on any atom is -0.480 e. The number of rotatable bonds is 7. The number of carboxylic acid groups (broad SMARTS) is 1. The van der Waals surface area contributed by atoms with Crippen LogP contribution in [0.5, 0.6) is 0 Å². The van der Waals surface area contributed by atoms with Gasteiger partial charge in [-0.05, 0) is 5.92 Å². The molecule has 0 rings (SSSR count). The zero-order chi connectivity index (χ0) is 11.8. The molecule has 0 fully saturated rings. The summed E-state index contributed by atoms with van der Waals surface area (Å²) in [7, 11) is 1.50. The smallest absolute Gasteiger partial charge is 0.326 e. The van der Waals surface area contributed by atoms with Crippen LogP contribution >= 0.6 is 0 Å². The van der Waals surface area contributed by atoms with Gasteiger partial charge in [-0.15, -0.1) is 0 Å². The van der Waals surface area contributed by atoms with Crippen LogP contribution in [-0.2, 0) is 14.3 Å². The van der Waals surface area contributed by atoms with E-state index in [-0.39, 0.29) is 18.2 Å². The number of hydrogen-bond acceptors (Lipinski definition) is 3. The van der Waals surface area contributed by atoms with E-state index in [4.69, 9.17) is 9.84 Å². The summed E-state index contributed by atoms with van der Waals surface area (Å²) in [4.78, 5) is 22.1. The standard InChI is InChI=1S/C10H19NO4/c1-4-7(2)9(10(13)14)11-8(12)5-6-15-3/h7,9H,4-6H2,1-3H3,(H,11,12)(H,13,14). The van der Waals surface area contributed by atoms with Gasteiger partial charge < -0.3 is 15.2 Å². The molecule has 0 heterocycles. The molecule has 0 aliphatic carbocycles. The number of carbonyl (C=O) groups excluding carboxylic acids is 1. The zero-order valence-electron chi connectivity index (χ0n) is 9.45. The van der Waals surface area contributed by atoms with Crippen LogP contribution in [0.15, 0.2) is 0 Å². The first kappa shape index (κ1) is 13.9. The number of methoxy groups -OCH3 is 1. The number of carboxylic acids is 1. The third-order valence-corrected chi connectivity index (χ3v) is 2.33. The molecule has 0 aromatic heterocycles. The van der Waals surface area contributed by atoms with Crippen LogP contribution in [0, 0.1) is 5.92 Å². The molecule has 0 aromatic carbocycles. The lowest BCUT2D eigenvalue weighted by atomic mass is 9.99. The van der Waals surface area contributed by atoms with E-state index < -0.39 is 12.0 Å². The van der Waals surface area contributed by atoms with E-state index in [1.165, 1.54) is 7.11 Å². The highest BCUT2D eigenvalue weighted by molar-refractivity contribution is 5.83. The fourth-order valence-electron chi connectivity index (χ4n) is 1.12. The molecule has 0 aromatic rings. The first-order valence-corrected chi connectivity index (χ1v) is 5.04. The fraction of sp³-hybridized carbons (Fsp3) is 0.800. The molecular weight excluding hydrogens is 198 g/mol. The van der Waals surface area contributed by atoms with Crippen molar-refractivity contribution in [2.75, 3.05) is 13.7 Å². The summed E-state index contributed by atoms with van der Waals surface area (Å²) in [6.07, 6.45) is 0.901. The van der Waals surface area contributed by atoms with Crippen molar-refractivity contribution in [3.63, 3.8) is 0 Å². The summed E-state index contributed by atoms with van der Waals surface area (Å²) >= 11 is 0. The van der Waals surface area contributed by atoms with E-state index in [1.807, 2.05) is 6.92 Å². The molecule has 0 spiro atoms. The van der Waals surface area contributed by atoms with Crippen LogP contribution in [0.25, 0.3) is 0 Å². The molecule has 2 N–H and O–H groups in total. The topological polar surface area (TPSA) is 75.6 Å². The summed E-state index contributed by atoms with van der Waals surface area (Å²) in [5.74, 6) is -1.35. The summed E-state index contributed by atoms with van der Waals surface area (Å²) < 4.78 is 4.73. The second-order valence-corrected chi connectivity index (χ2v) is 3.51. The van der Waals surface area contributed by atoms with Gasteiger partial charge in [-0.1, -0.05) is 20.3 Å². The van der Waals surface area contributed by atoms with Crippen LogP contribution in [0.4, 0.5) is 0 Å². The van der Waals surface area contributed by atoms with Crippen molar-refractivity contribution in [3.8, 4) is 0 Å². The SMILES string of the molecule is CCC(C)C(NC(=O)CCOC)C(=O)O. The molecule has 0 saturated carbocycles. The van der Waals surface area contributed by atoms with Gasteiger partial charge in [0.1, 0.15) is 6.04 Å². The molecule has 88 valence electrons. The lowest BCUT2D eigenvalue weighted by Gasteiger charge is -2.19. The molecule has 0 radical (unpaired) electrons. The maximum absolute atomic E-state index is 11.3. The van der Waals surface area contributed by atoms with Crippen molar-refractivity contribution in [2.24, 2.45) is 5.92 Å². The van der Waals surface area contributed by atoms with Crippen molar-refractivity contribution < 1.29 is 19.4 Å². The number of nitrogens with one attached hydrogen (secondary N) is 1. The van der Waals surface area contributed by atoms with Gasteiger partial charge >= 0.3 is 5.97 Å². The average Bonchev–Trinajstić information content (AvgIpc) is 2.21. The Morgan fingerprint density at radius 2 is 2.07 bits per heavy atom. The van der Waals surface area contributed by atoms with Crippen molar-refractivity contribution >= 4 is 11.9 Å². The Morgan fingerprint density at radius 3 is 2.47 bits per heavy atom. The summed E-state index contributed by atoms with van der Waals surface area (Å²) in [6.45, 7) is 4.00. The average molecular weight is 217 g/mol. The summed E-state index contributed by atoms with van der Waals surface area (Å²) in [6, 6.07) is -0.806. The van der Waals surface area contributed by atoms with Crippen molar-refractivity contribution in [2.45, 2.75) is 32.7 Å². The van der Waals surface area contributed by atoms with Gasteiger partial charge in [-0.3, -0.25) is 4.79 Å². The van der Waals surface area contributed by atoms with Gasteiger partial charge in [0.15, 0.2) is 0 Å². The van der Waals surface area contributed by atoms with Gasteiger partial charge in [0.2, 0.25) is 5.91 Å². The molecule has 5 heteroatoms. The third-order valence-electron chi connectivity index (χ3n) is 2.33. The van der Waals surface area contributed by atoms with Crippen LogP contribution < -0.4 is 5.32 Å². The van der Waals surface area contributed by atoms with E-state index in [0.29, 0.717) is 13.0 Å². The Morgan fingerprint density at radius 1 is 1.47 bits per heavy atom. The normalized spacial score (nSPS) is 14.3. The van der Waals surface area contributed by atoms with E-state index >= 15 is 0 Å². The summed E-state index contributed by atoms with van der Waals surface area (Å²) in [5.41, 5.74) is 0. The second kappa shape index (κ2) is 7.23. The highest BCUT2D eigenvalue weighted by atomic mass is 16.5. The van der Waals surface area contributed by atoms with Gasteiger partial charge in [-0.25, -0.2) is 4.79 Å². The van der Waals surface area contributed by atoms with Crippen LogP contribution in [0.2, 0.25) is 0 Å². The molecular formula is C10H19NO4. The van der Waals surface area contributed by atoms with E-state index in [1.54, 1.807) is 6.92 Å². The van der Waals surface area contributed by atoms with Gasteiger partial charge in [-0.2, -0.15) is 0 Å². The Kier molecular flexibility index (Phi) is 6.70. The quantitative estimate of drug-likeness (QED) is 0.656. The Bertz CT molecular complexity index is 217. The van der Waals surface area contributed by atoms with E-state index in [2.05, 4.69) is 5.32 Å². The zero-order valence-corrected chi connectivity index (χ0v) is 9.45. The minimum absolute atomic E-state index is 0.0750. The van der Waals surface area contributed by atoms with Crippen molar-refractivity contribution in [1.29, 1.82) is 0 Å². The molecule has 2 unspecified atom stereocenters. The van der Waals surface area contributed by atoms with Crippen molar-refractivity contribution in [3.05, 3.63) is 0 Å². The van der Waals surface area contributed by atoms with Crippen molar-refractivity contribution in [1.82, 2.24) is 5.32 Å². The summed E-state index contributed by atoms with van der Waals surface area (Å²) in [5, 5.41) is 11.4. The first-order chi connectivity index (χ1) is 7.02. The van der Waals surface area contributed by atoms with Crippen LogP contribution in [0.1, 0.15) is 26.7 Å². The minimum atomic E-state index is -0.991. The lowest BCUT2D eigenvalue weighted by molar-refractivity contribution is -0.143. The Balaban J connectivity index is 4.16. The number of hydrogen-bond donors (Lipinski definition) is 2. The number of carbonyl (C=O) groups is 2. The molecule has 1 amide bonds. The first-order valence-electron chi connectivity index (χ1n) is 5.04. The monoisotopic (exact) mass is 217 g/mol. The van der Waals surface area contributed by atoms with Gasteiger partial charge in [0, 0.05) is 13.5 Å². The fourth-order valence-corrected chi connectivity index (χ4v) is 1.12. The van der Waals surface area contributed by atoms with Crippen LogP contribution in [-0.4, -0.2) is 36.7 Å². The van der Waals surface area contributed by atoms with Crippen LogP contribution in [0.3, 0.4) is 0 Å². The predicted molar refractivity (Wildman–Crippen MR) is 55.5 cm³/mol. The number of ether oxygens (including phenoxy) is 1.